The molecular formula is C22H47N. The van der Waals surface area contributed by atoms with E-state index in [0.717, 1.165) is 6.04 Å². The molecule has 0 radical (unpaired) electrons. The second-order valence-corrected chi connectivity index (χ2v) is 7.76. The van der Waals surface area contributed by atoms with Crippen molar-refractivity contribution in [2.24, 2.45) is 0 Å². The average molecular weight is 326 g/mol. The van der Waals surface area contributed by atoms with Crippen LogP contribution in [-0.4, -0.2) is 25.0 Å². The van der Waals surface area contributed by atoms with Crippen LogP contribution in [0.3, 0.4) is 0 Å². The minimum Gasteiger partial charge on any atom is -0.306 e. The molecule has 1 unspecified atom stereocenters. The van der Waals surface area contributed by atoms with Crippen LogP contribution in [0.5, 0.6) is 0 Å². The third kappa shape index (κ3) is 16.6. The standard InChI is InChI=1S/C22H47N/c1-5-7-8-9-10-11-12-13-14-15-16-17-18-19-20-21-22(6-2)23(3)4/h22H,5-21H2,1-4H3. The summed E-state index contributed by atoms with van der Waals surface area (Å²) in [6, 6.07) is 0.803. The van der Waals surface area contributed by atoms with Gasteiger partial charge in [0, 0.05) is 6.04 Å². The Labute approximate surface area is 148 Å². The fourth-order valence-corrected chi connectivity index (χ4v) is 3.58. The molecule has 0 aromatic carbocycles. The van der Waals surface area contributed by atoms with Crippen molar-refractivity contribution >= 4 is 0 Å². The Morgan fingerprint density at radius 3 is 1.17 bits per heavy atom. The molecular weight excluding hydrogens is 278 g/mol. The van der Waals surface area contributed by atoms with Gasteiger partial charge in [0.25, 0.3) is 0 Å². The normalized spacial score (nSPS) is 12.9. The van der Waals surface area contributed by atoms with Crippen molar-refractivity contribution in [1.29, 1.82) is 0 Å². The third-order valence-electron chi connectivity index (χ3n) is 5.34. The first kappa shape index (κ1) is 23.0. The van der Waals surface area contributed by atoms with Crippen LogP contribution in [0, 0.1) is 0 Å². The highest BCUT2D eigenvalue weighted by Crippen LogP contribution is 2.15. The summed E-state index contributed by atoms with van der Waals surface area (Å²) in [4.78, 5) is 2.39. The lowest BCUT2D eigenvalue weighted by Crippen LogP contribution is -2.26. The lowest BCUT2D eigenvalue weighted by molar-refractivity contribution is 0.264. The molecule has 1 heteroatoms. The van der Waals surface area contributed by atoms with E-state index in [1.54, 1.807) is 0 Å². The average Bonchev–Trinajstić information content (AvgIpc) is 2.54. The Hall–Kier alpha value is -0.0400. The SMILES string of the molecule is CCCCCCCCCCCCCCCCCC(CC)N(C)C. The molecule has 0 aromatic rings. The summed E-state index contributed by atoms with van der Waals surface area (Å²) in [5.41, 5.74) is 0. The van der Waals surface area contributed by atoms with Crippen LogP contribution >= 0.6 is 0 Å². The van der Waals surface area contributed by atoms with E-state index in [4.69, 9.17) is 0 Å². The molecule has 0 fully saturated rings. The zero-order valence-electron chi connectivity index (χ0n) is 17.0. The van der Waals surface area contributed by atoms with E-state index < -0.39 is 0 Å². The highest BCUT2D eigenvalue weighted by molar-refractivity contribution is 4.63. The van der Waals surface area contributed by atoms with E-state index in [1.807, 2.05) is 0 Å². The first-order valence-corrected chi connectivity index (χ1v) is 10.9. The molecule has 0 saturated heterocycles. The molecule has 140 valence electrons. The zero-order valence-corrected chi connectivity index (χ0v) is 17.0. The van der Waals surface area contributed by atoms with Gasteiger partial charge in [-0.25, -0.2) is 0 Å². The molecule has 0 aliphatic heterocycles. The summed E-state index contributed by atoms with van der Waals surface area (Å²) >= 11 is 0. The van der Waals surface area contributed by atoms with E-state index in [-0.39, 0.29) is 0 Å². The van der Waals surface area contributed by atoms with Crippen LogP contribution < -0.4 is 0 Å². The highest BCUT2D eigenvalue weighted by atomic mass is 15.1. The summed E-state index contributed by atoms with van der Waals surface area (Å²) < 4.78 is 0. The van der Waals surface area contributed by atoms with Crippen LogP contribution in [0.1, 0.15) is 123 Å². The molecule has 1 nitrogen and oxygen atoms in total. The quantitative estimate of drug-likeness (QED) is 0.235. The zero-order chi connectivity index (χ0) is 17.2. The molecule has 0 rings (SSSR count). The monoisotopic (exact) mass is 325 g/mol. The molecule has 0 aliphatic carbocycles. The summed E-state index contributed by atoms with van der Waals surface area (Å²) in [5, 5.41) is 0. The van der Waals surface area contributed by atoms with E-state index in [9.17, 15) is 0 Å². The maximum atomic E-state index is 2.39. The molecule has 0 bridgehead atoms. The second-order valence-electron chi connectivity index (χ2n) is 7.76. The van der Waals surface area contributed by atoms with Crippen LogP contribution in [0.2, 0.25) is 0 Å². The molecule has 0 saturated carbocycles. The van der Waals surface area contributed by atoms with Gasteiger partial charge in [-0.05, 0) is 26.9 Å². The van der Waals surface area contributed by atoms with Gasteiger partial charge < -0.3 is 4.90 Å². The number of rotatable bonds is 18. The Kier molecular flexibility index (Phi) is 18.3. The van der Waals surface area contributed by atoms with E-state index in [1.165, 1.54) is 109 Å². The summed E-state index contributed by atoms with van der Waals surface area (Å²) in [5.74, 6) is 0. The number of unbranched alkanes of at least 4 members (excludes halogenated alkanes) is 14. The molecule has 23 heavy (non-hydrogen) atoms. The van der Waals surface area contributed by atoms with Gasteiger partial charge >= 0.3 is 0 Å². The summed E-state index contributed by atoms with van der Waals surface area (Å²) in [6.45, 7) is 4.61. The van der Waals surface area contributed by atoms with E-state index in [2.05, 4.69) is 32.8 Å². The maximum absolute atomic E-state index is 2.39. The molecule has 0 aromatic heterocycles. The smallest absolute Gasteiger partial charge is 0.00865 e. The van der Waals surface area contributed by atoms with Crippen molar-refractivity contribution in [2.45, 2.75) is 129 Å². The van der Waals surface area contributed by atoms with E-state index in [0.29, 0.717) is 0 Å². The Bertz CT molecular complexity index is 212. The lowest BCUT2D eigenvalue weighted by atomic mass is 10.0. The van der Waals surface area contributed by atoms with Crippen LogP contribution in [-0.2, 0) is 0 Å². The van der Waals surface area contributed by atoms with Crippen molar-refractivity contribution in [3.05, 3.63) is 0 Å². The minimum atomic E-state index is 0.803. The first-order valence-electron chi connectivity index (χ1n) is 10.9. The molecule has 0 heterocycles. The van der Waals surface area contributed by atoms with Crippen LogP contribution in [0.15, 0.2) is 0 Å². The number of hydrogen-bond acceptors (Lipinski definition) is 1. The van der Waals surface area contributed by atoms with Crippen molar-refractivity contribution in [1.82, 2.24) is 4.90 Å². The van der Waals surface area contributed by atoms with Crippen molar-refractivity contribution in [3.8, 4) is 0 Å². The van der Waals surface area contributed by atoms with Gasteiger partial charge in [-0.15, -0.1) is 0 Å². The van der Waals surface area contributed by atoms with Crippen molar-refractivity contribution in [2.75, 3.05) is 14.1 Å². The van der Waals surface area contributed by atoms with Gasteiger partial charge in [0.15, 0.2) is 0 Å². The molecule has 0 aliphatic rings. The topological polar surface area (TPSA) is 3.24 Å². The predicted octanol–water partition coefficient (Wildman–Crippen LogP) is 7.59. The molecule has 1 atom stereocenters. The Morgan fingerprint density at radius 1 is 0.522 bits per heavy atom. The van der Waals surface area contributed by atoms with E-state index >= 15 is 0 Å². The van der Waals surface area contributed by atoms with Gasteiger partial charge in [0.2, 0.25) is 0 Å². The third-order valence-corrected chi connectivity index (χ3v) is 5.34. The predicted molar refractivity (Wildman–Crippen MR) is 107 cm³/mol. The van der Waals surface area contributed by atoms with Crippen molar-refractivity contribution in [3.63, 3.8) is 0 Å². The Balaban J connectivity index is 3.10. The van der Waals surface area contributed by atoms with Crippen LogP contribution in [0.4, 0.5) is 0 Å². The number of nitrogens with zero attached hydrogens (tertiary/aromatic N) is 1. The molecule has 0 amide bonds. The lowest BCUT2D eigenvalue weighted by Gasteiger charge is -2.22. The largest absolute Gasteiger partial charge is 0.306 e. The van der Waals surface area contributed by atoms with Crippen LogP contribution in [0.25, 0.3) is 0 Å². The second kappa shape index (κ2) is 18.3. The van der Waals surface area contributed by atoms with Gasteiger partial charge in [-0.2, -0.15) is 0 Å². The van der Waals surface area contributed by atoms with Gasteiger partial charge in [0.1, 0.15) is 0 Å². The summed E-state index contributed by atoms with van der Waals surface area (Å²) in [7, 11) is 4.44. The molecule has 0 N–H and O–H groups in total. The first-order chi connectivity index (χ1) is 11.2. The minimum absolute atomic E-state index is 0.803. The fraction of sp³-hybridized carbons (Fsp3) is 1.00. The highest BCUT2D eigenvalue weighted by Gasteiger charge is 2.07. The van der Waals surface area contributed by atoms with Gasteiger partial charge in [0.05, 0.1) is 0 Å². The van der Waals surface area contributed by atoms with Gasteiger partial charge in [-0.3, -0.25) is 0 Å². The molecule has 0 spiro atoms. The Morgan fingerprint density at radius 2 is 0.870 bits per heavy atom. The van der Waals surface area contributed by atoms with Gasteiger partial charge in [-0.1, -0.05) is 110 Å². The number of hydrogen-bond donors (Lipinski definition) is 0. The maximum Gasteiger partial charge on any atom is 0.00865 e. The summed E-state index contributed by atoms with van der Waals surface area (Å²) in [6.07, 6.45) is 24.6. The fourth-order valence-electron chi connectivity index (χ4n) is 3.58. The van der Waals surface area contributed by atoms with Crippen molar-refractivity contribution < 1.29 is 0 Å².